The largest absolute Gasteiger partial charge is 0.476 e. The highest BCUT2D eigenvalue weighted by Crippen LogP contribution is 2.26. The van der Waals surface area contributed by atoms with E-state index in [0.717, 1.165) is 0 Å². The summed E-state index contributed by atoms with van der Waals surface area (Å²) in [5.74, 6) is -1.01. The Morgan fingerprint density at radius 2 is 2.14 bits per heavy atom. The molecule has 0 radical (unpaired) electrons. The minimum atomic E-state index is -1.14. The number of aromatic nitrogens is 2. The molecular weight excluding hydrogens is 275 g/mol. The van der Waals surface area contributed by atoms with Gasteiger partial charge in [0.2, 0.25) is 0 Å². The molecular formula is C15H11FN2O3. The normalized spacial score (nSPS) is 10.8. The second kappa shape index (κ2) is 4.90. The lowest BCUT2D eigenvalue weighted by atomic mass is 10.2. The van der Waals surface area contributed by atoms with E-state index in [2.05, 4.69) is 5.10 Å². The molecule has 5 nitrogen and oxygen atoms in total. The zero-order valence-corrected chi connectivity index (χ0v) is 11.1. The lowest BCUT2D eigenvalue weighted by molar-refractivity contribution is 0.0690. The zero-order chi connectivity index (χ0) is 15.0. The van der Waals surface area contributed by atoms with Crippen LogP contribution in [0.3, 0.4) is 0 Å². The van der Waals surface area contributed by atoms with E-state index in [1.54, 1.807) is 25.1 Å². The van der Waals surface area contributed by atoms with Crippen molar-refractivity contribution in [2.45, 2.75) is 6.92 Å². The van der Waals surface area contributed by atoms with Crippen molar-refractivity contribution < 1.29 is 18.7 Å². The van der Waals surface area contributed by atoms with Gasteiger partial charge in [-0.3, -0.25) is 0 Å². The van der Waals surface area contributed by atoms with Crippen LogP contribution in [0.5, 0.6) is 0 Å². The van der Waals surface area contributed by atoms with Gasteiger partial charge in [-0.15, -0.1) is 0 Å². The van der Waals surface area contributed by atoms with Gasteiger partial charge in [0.1, 0.15) is 11.5 Å². The van der Waals surface area contributed by atoms with Gasteiger partial charge in [-0.25, -0.2) is 13.9 Å². The average molecular weight is 286 g/mol. The maximum Gasteiger partial charge on any atom is 0.356 e. The number of carboxylic acid groups (broad SMARTS) is 1. The fraction of sp³-hybridized carbons (Fsp3) is 0.0667. The summed E-state index contributed by atoms with van der Waals surface area (Å²) in [6.45, 7) is 1.73. The molecule has 0 atom stereocenters. The van der Waals surface area contributed by atoms with Crippen LogP contribution < -0.4 is 0 Å². The summed E-state index contributed by atoms with van der Waals surface area (Å²) in [6.07, 6.45) is 1.49. The number of hydrogen-bond acceptors (Lipinski definition) is 3. The molecule has 6 heteroatoms. The number of aryl methyl sites for hydroxylation is 1. The van der Waals surface area contributed by atoms with Crippen molar-refractivity contribution in [2.24, 2.45) is 0 Å². The molecule has 1 aromatic carbocycles. The quantitative estimate of drug-likeness (QED) is 0.802. The molecule has 3 rings (SSSR count). The van der Waals surface area contributed by atoms with E-state index >= 15 is 0 Å². The molecule has 0 amide bonds. The van der Waals surface area contributed by atoms with Crippen LogP contribution in [-0.4, -0.2) is 20.9 Å². The van der Waals surface area contributed by atoms with Crippen molar-refractivity contribution in [3.05, 3.63) is 59.7 Å². The number of nitrogens with zero attached hydrogens (tertiary/aromatic N) is 2. The van der Waals surface area contributed by atoms with Crippen molar-refractivity contribution in [2.75, 3.05) is 0 Å². The zero-order valence-electron chi connectivity index (χ0n) is 11.1. The number of carbonyl (C=O) groups is 1. The molecule has 0 aliphatic heterocycles. The number of hydrogen-bond donors (Lipinski definition) is 1. The van der Waals surface area contributed by atoms with Crippen molar-refractivity contribution >= 4 is 5.97 Å². The molecule has 0 saturated carbocycles. The lowest BCUT2D eigenvalue weighted by Crippen LogP contribution is -2.04. The van der Waals surface area contributed by atoms with Gasteiger partial charge in [0.05, 0.1) is 12.0 Å². The first-order chi connectivity index (χ1) is 10.1. The molecule has 21 heavy (non-hydrogen) atoms. The number of rotatable bonds is 3. The second-order valence-corrected chi connectivity index (χ2v) is 4.54. The van der Waals surface area contributed by atoms with Crippen LogP contribution in [0.2, 0.25) is 0 Å². The molecule has 106 valence electrons. The van der Waals surface area contributed by atoms with Gasteiger partial charge in [-0.2, -0.15) is 5.10 Å². The molecule has 0 spiro atoms. The summed E-state index contributed by atoms with van der Waals surface area (Å²) in [5.41, 5.74) is 1.62. The van der Waals surface area contributed by atoms with E-state index in [1.807, 2.05) is 0 Å². The average Bonchev–Trinajstić information content (AvgIpc) is 3.07. The van der Waals surface area contributed by atoms with E-state index in [9.17, 15) is 9.18 Å². The van der Waals surface area contributed by atoms with Gasteiger partial charge in [0.15, 0.2) is 11.5 Å². The molecule has 1 N–H and O–H groups in total. The van der Waals surface area contributed by atoms with E-state index in [0.29, 0.717) is 22.7 Å². The number of carboxylic acids is 1. The fourth-order valence-corrected chi connectivity index (χ4v) is 2.13. The van der Waals surface area contributed by atoms with E-state index < -0.39 is 5.97 Å². The molecule has 0 fully saturated rings. The van der Waals surface area contributed by atoms with Gasteiger partial charge < -0.3 is 9.52 Å². The van der Waals surface area contributed by atoms with Crippen LogP contribution in [0.15, 0.2) is 47.1 Å². The Morgan fingerprint density at radius 3 is 2.76 bits per heavy atom. The maximum atomic E-state index is 13.2. The van der Waals surface area contributed by atoms with E-state index in [1.165, 1.54) is 29.1 Å². The highest BCUT2D eigenvalue weighted by Gasteiger charge is 2.18. The highest BCUT2D eigenvalue weighted by molar-refractivity contribution is 5.87. The molecule has 0 saturated heterocycles. The van der Waals surface area contributed by atoms with Gasteiger partial charge in [-0.05, 0) is 42.8 Å². The minimum absolute atomic E-state index is 0.106. The Labute approximate surface area is 119 Å². The van der Waals surface area contributed by atoms with Crippen LogP contribution >= 0.6 is 0 Å². The van der Waals surface area contributed by atoms with Gasteiger partial charge >= 0.3 is 5.97 Å². The van der Waals surface area contributed by atoms with Crippen molar-refractivity contribution in [3.63, 3.8) is 0 Å². The minimum Gasteiger partial charge on any atom is -0.476 e. The molecule has 3 aromatic rings. The lowest BCUT2D eigenvalue weighted by Gasteiger charge is -2.08. The summed E-state index contributed by atoms with van der Waals surface area (Å²) >= 11 is 0. The maximum absolute atomic E-state index is 13.2. The monoisotopic (exact) mass is 286 g/mol. The first-order valence-electron chi connectivity index (χ1n) is 6.20. The summed E-state index contributed by atoms with van der Waals surface area (Å²) in [5, 5.41) is 13.2. The van der Waals surface area contributed by atoms with Crippen LogP contribution in [0.1, 0.15) is 16.1 Å². The third-order valence-electron chi connectivity index (χ3n) is 3.09. The SMILES string of the molecule is Cc1cc(F)ccc1-n1nc(C(=O)O)cc1-c1ccco1. The Bertz CT molecular complexity index is 806. The number of halogens is 1. The number of benzene rings is 1. The summed E-state index contributed by atoms with van der Waals surface area (Å²) < 4.78 is 20.0. The Kier molecular flexibility index (Phi) is 3.06. The Morgan fingerprint density at radius 1 is 1.33 bits per heavy atom. The molecule has 0 bridgehead atoms. The first-order valence-corrected chi connectivity index (χ1v) is 6.20. The van der Waals surface area contributed by atoms with E-state index in [-0.39, 0.29) is 11.5 Å². The predicted octanol–water partition coefficient (Wildman–Crippen LogP) is 3.28. The van der Waals surface area contributed by atoms with E-state index in [4.69, 9.17) is 9.52 Å². The van der Waals surface area contributed by atoms with Gasteiger partial charge in [0, 0.05) is 6.07 Å². The summed E-state index contributed by atoms with van der Waals surface area (Å²) in [4.78, 5) is 11.1. The summed E-state index contributed by atoms with van der Waals surface area (Å²) in [6, 6.07) is 9.04. The molecule has 0 aliphatic rings. The third kappa shape index (κ3) is 2.31. The standard InChI is InChI=1S/C15H11FN2O3/c1-9-7-10(16)4-5-12(9)18-13(14-3-2-6-21-14)8-11(17-18)15(19)20/h2-8H,1H3,(H,19,20). The van der Waals surface area contributed by atoms with Gasteiger partial charge in [0.25, 0.3) is 0 Å². The topological polar surface area (TPSA) is 68.3 Å². The highest BCUT2D eigenvalue weighted by atomic mass is 19.1. The molecule has 2 heterocycles. The van der Waals surface area contributed by atoms with Crippen LogP contribution in [-0.2, 0) is 0 Å². The predicted molar refractivity (Wildman–Crippen MR) is 72.9 cm³/mol. The second-order valence-electron chi connectivity index (χ2n) is 4.54. The van der Waals surface area contributed by atoms with Crippen LogP contribution in [0.25, 0.3) is 17.1 Å². The Hall–Kier alpha value is -2.89. The molecule has 2 aromatic heterocycles. The number of furan rings is 1. The van der Waals surface area contributed by atoms with Crippen molar-refractivity contribution in [3.8, 4) is 17.1 Å². The van der Waals surface area contributed by atoms with Crippen molar-refractivity contribution in [1.82, 2.24) is 9.78 Å². The smallest absolute Gasteiger partial charge is 0.356 e. The molecule has 0 aliphatic carbocycles. The van der Waals surface area contributed by atoms with Crippen molar-refractivity contribution in [1.29, 1.82) is 0 Å². The summed E-state index contributed by atoms with van der Waals surface area (Å²) in [7, 11) is 0. The third-order valence-corrected chi connectivity index (χ3v) is 3.09. The van der Waals surface area contributed by atoms with Gasteiger partial charge in [-0.1, -0.05) is 0 Å². The van der Waals surface area contributed by atoms with Crippen LogP contribution in [0.4, 0.5) is 4.39 Å². The Balaban J connectivity index is 2.23. The van der Waals surface area contributed by atoms with Crippen LogP contribution in [0, 0.1) is 12.7 Å². The first kappa shape index (κ1) is 13.1. The fourth-order valence-electron chi connectivity index (χ4n) is 2.13. The number of aromatic carboxylic acids is 1. The molecule has 0 unspecified atom stereocenters.